The summed E-state index contributed by atoms with van der Waals surface area (Å²) in [4.78, 5) is 16.2. The fourth-order valence-electron chi connectivity index (χ4n) is 2.29. The number of anilines is 1. The molecule has 1 heterocycles. The highest BCUT2D eigenvalue weighted by Gasteiger charge is 2.25. The lowest BCUT2D eigenvalue weighted by atomic mass is 9.99. The maximum absolute atomic E-state index is 14.3. The standard InChI is InChI=1S/C16H14FN3O/c1-9-7-8-11-13(10-5-3-2-4-6-10)19-15(18)16(21)20-14(11)12(9)17/h2-8,15H,18H2,1H3,(H,20,21). The van der Waals surface area contributed by atoms with E-state index in [-0.39, 0.29) is 5.69 Å². The van der Waals surface area contributed by atoms with E-state index < -0.39 is 17.9 Å². The molecule has 1 aliphatic heterocycles. The topological polar surface area (TPSA) is 67.5 Å². The average Bonchev–Trinajstić information content (AvgIpc) is 2.62. The van der Waals surface area contributed by atoms with Crippen molar-refractivity contribution >= 4 is 17.3 Å². The van der Waals surface area contributed by atoms with Gasteiger partial charge in [0.15, 0.2) is 6.17 Å². The second-order valence-corrected chi connectivity index (χ2v) is 4.90. The number of halogens is 1. The molecule has 1 aliphatic rings. The predicted molar refractivity (Wildman–Crippen MR) is 79.8 cm³/mol. The summed E-state index contributed by atoms with van der Waals surface area (Å²) in [7, 11) is 0. The van der Waals surface area contributed by atoms with Gasteiger partial charge in [-0.15, -0.1) is 0 Å². The monoisotopic (exact) mass is 283 g/mol. The van der Waals surface area contributed by atoms with Gasteiger partial charge in [-0.05, 0) is 12.5 Å². The molecule has 2 aromatic carbocycles. The Kier molecular flexibility index (Phi) is 3.27. The molecule has 1 atom stereocenters. The van der Waals surface area contributed by atoms with Gasteiger partial charge in [0, 0.05) is 11.1 Å². The zero-order valence-electron chi connectivity index (χ0n) is 11.4. The highest BCUT2D eigenvalue weighted by Crippen LogP contribution is 2.28. The van der Waals surface area contributed by atoms with E-state index in [0.29, 0.717) is 16.8 Å². The fraction of sp³-hybridized carbons (Fsp3) is 0.125. The van der Waals surface area contributed by atoms with Crippen LogP contribution in [0.15, 0.2) is 47.5 Å². The molecule has 21 heavy (non-hydrogen) atoms. The number of hydrogen-bond acceptors (Lipinski definition) is 3. The van der Waals surface area contributed by atoms with E-state index in [9.17, 15) is 9.18 Å². The number of benzodiazepines with no additional fused rings is 1. The molecule has 0 fully saturated rings. The summed E-state index contributed by atoms with van der Waals surface area (Å²) in [6, 6.07) is 12.7. The molecule has 3 rings (SSSR count). The number of nitrogens with zero attached hydrogens (tertiary/aromatic N) is 1. The summed E-state index contributed by atoms with van der Waals surface area (Å²) in [5.74, 6) is -0.981. The van der Waals surface area contributed by atoms with Crippen LogP contribution in [0.2, 0.25) is 0 Å². The number of carbonyl (C=O) groups excluding carboxylic acids is 1. The number of aryl methyl sites for hydroxylation is 1. The highest BCUT2D eigenvalue weighted by molar-refractivity contribution is 6.19. The molecule has 0 spiro atoms. The quantitative estimate of drug-likeness (QED) is 0.842. The highest BCUT2D eigenvalue weighted by atomic mass is 19.1. The van der Waals surface area contributed by atoms with Gasteiger partial charge in [0.25, 0.3) is 5.91 Å². The third-order valence-corrected chi connectivity index (χ3v) is 3.42. The van der Waals surface area contributed by atoms with E-state index in [4.69, 9.17) is 5.73 Å². The minimum absolute atomic E-state index is 0.135. The Morgan fingerprint density at radius 2 is 1.90 bits per heavy atom. The Labute approximate surface area is 121 Å². The number of rotatable bonds is 1. The van der Waals surface area contributed by atoms with Crippen molar-refractivity contribution in [1.82, 2.24) is 0 Å². The largest absolute Gasteiger partial charge is 0.320 e. The van der Waals surface area contributed by atoms with Gasteiger partial charge >= 0.3 is 0 Å². The average molecular weight is 283 g/mol. The molecule has 0 saturated heterocycles. The second-order valence-electron chi connectivity index (χ2n) is 4.90. The van der Waals surface area contributed by atoms with Crippen molar-refractivity contribution in [1.29, 1.82) is 0 Å². The molecule has 0 radical (unpaired) electrons. The molecule has 1 unspecified atom stereocenters. The first-order chi connectivity index (χ1) is 10.1. The molecule has 4 nitrogen and oxygen atoms in total. The molecule has 2 aromatic rings. The molecule has 5 heteroatoms. The summed E-state index contributed by atoms with van der Waals surface area (Å²) < 4.78 is 14.3. The van der Waals surface area contributed by atoms with Crippen molar-refractivity contribution in [3.8, 4) is 0 Å². The zero-order valence-corrected chi connectivity index (χ0v) is 11.4. The van der Waals surface area contributed by atoms with Gasteiger partial charge in [-0.1, -0.05) is 42.5 Å². The number of benzene rings is 2. The first-order valence-electron chi connectivity index (χ1n) is 6.57. The van der Waals surface area contributed by atoms with E-state index in [0.717, 1.165) is 5.56 Å². The third kappa shape index (κ3) is 2.32. The molecule has 0 saturated carbocycles. The first-order valence-corrected chi connectivity index (χ1v) is 6.57. The van der Waals surface area contributed by atoms with Crippen LogP contribution in [0.3, 0.4) is 0 Å². The van der Waals surface area contributed by atoms with Crippen LogP contribution < -0.4 is 11.1 Å². The van der Waals surface area contributed by atoms with Crippen LogP contribution in [0.5, 0.6) is 0 Å². The van der Waals surface area contributed by atoms with Gasteiger partial charge in [-0.2, -0.15) is 0 Å². The summed E-state index contributed by atoms with van der Waals surface area (Å²) >= 11 is 0. The molecular weight excluding hydrogens is 269 g/mol. The second kappa shape index (κ2) is 5.10. The van der Waals surface area contributed by atoms with Crippen molar-refractivity contribution in [3.05, 3.63) is 65.0 Å². The number of hydrogen-bond donors (Lipinski definition) is 2. The lowest BCUT2D eigenvalue weighted by molar-refractivity contribution is -0.117. The van der Waals surface area contributed by atoms with Gasteiger partial charge in [0.2, 0.25) is 0 Å². The number of carbonyl (C=O) groups is 1. The minimum Gasteiger partial charge on any atom is -0.320 e. The van der Waals surface area contributed by atoms with Crippen molar-refractivity contribution < 1.29 is 9.18 Å². The summed E-state index contributed by atoms with van der Waals surface area (Å²) in [6.45, 7) is 1.64. The van der Waals surface area contributed by atoms with Crippen LogP contribution in [0.25, 0.3) is 0 Å². The molecule has 3 N–H and O–H groups in total. The van der Waals surface area contributed by atoms with Crippen LogP contribution >= 0.6 is 0 Å². The summed E-state index contributed by atoms with van der Waals surface area (Å²) in [5.41, 5.74) is 8.17. The van der Waals surface area contributed by atoms with Gasteiger partial charge in [0.05, 0.1) is 11.4 Å². The van der Waals surface area contributed by atoms with Crippen LogP contribution in [0.1, 0.15) is 16.7 Å². The lowest BCUT2D eigenvalue weighted by Gasteiger charge is -2.12. The maximum atomic E-state index is 14.3. The third-order valence-electron chi connectivity index (χ3n) is 3.42. The van der Waals surface area contributed by atoms with Crippen molar-refractivity contribution in [2.24, 2.45) is 10.7 Å². The van der Waals surface area contributed by atoms with E-state index >= 15 is 0 Å². The van der Waals surface area contributed by atoms with Crippen LogP contribution in [-0.2, 0) is 4.79 Å². The van der Waals surface area contributed by atoms with E-state index in [2.05, 4.69) is 10.3 Å². The Bertz CT molecular complexity index is 741. The number of fused-ring (bicyclic) bond motifs is 1. The molecular formula is C16H14FN3O. The Morgan fingerprint density at radius 1 is 1.19 bits per heavy atom. The molecule has 0 bridgehead atoms. The molecule has 1 amide bonds. The van der Waals surface area contributed by atoms with Crippen molar-refractivity contribution in [2.75, 3.05) is 5.32 Å². The Balaban J connectivity index is 2.27. The first kappa shape index (κ1) is 13.5. The number of amides is 1. The Morgan fingerprint density at radius 3 is 2.62 bits per heavy atom. The maximum Gasteiger partial charge on any atom is 0.263 e. The van der Waals surface area contributed by atoms with Crippen LogP contribution in [0.4, 0.5) is 10.1 Å². The molecule has 0 aromatic heterocycles. The summed E-state index contributed by atoms with van der Waals surface area (Å²) in [5, 5.41) is 2.53. The smallest absolute Gasteiger partial charge is 0.263 e. The predicted octanol–water partition coefficient (Wildman–Crippen LogP) is 2.21. The SMILES string of the molecule is Cc1ccc2c(c1F)NC(=O)C(N)N=C2c1ccccc1. The number of nitrogens with one attached hydrogen (secondary N) is 1. The zero-order chi connectivity index (χ0) is 15.0. The van der Waals surface area contributed by atoms with Gasteiger partial charge in [-0.25, -0.2) is 4.39 Å². The minimum atomic E-state index is -1.06. The van der Waals surface area contributed by atoms with Gasteiger partial charge in [0.1, 0.15) is 5.82 Å². The normalized spacial score (nSPS) is 17.6. The van der Waals surface area contributed by atoms with Crippen LogP contribution in [0, 0.1) is 12.7 Å². The van der Waals surface area contributed by atoms with E-state index in [1.54, 1.807) is 19.1 Å². The summed E-state index contributed by atoms with van der Waals surface area (Å²) in [6.07, 6.45) is -1.06. The van der Waals surface area contributed by atoms with E-state index in [1.807, 2.05) is 30.3 Å². The molecule has 106 valence electrons. The number of aliphatic imine (C=N–C) groups is 1. The van der Waals surface area contributed by atoms with Crippen molar-refractivity contribution in [3.63, 3.8) is 0 Å². The number of nitrogens with two attached hydrogens (primary N) is 1. The van der Waals surface area contributed by atoms with Gasteiger partial charge in [-0.3, -0.25) is 9.79 Å². The van der Waals surface area contributed by atoms with E-state index in [1.165, 1.54) is 0 Å². The lowest BCUT2D eigenvalue weighted by Crippen LogP contribution is -2.33. The Hall–Kier alpha value is -2.53. The fourth-order valence-corrected chi connectivity index (χ4v) is 2.29. The van der Waals surface area contributed by atoms with Crippen LogP contribution in [-0.4, -0.2) is 17.8 Å². The van der Waals surface area contributed by atoms with Gasteiger partial charge < -0.3 is 11.1 Å². The van der Waals surface area contributed by atoms with Crippen molar-refractivity contribution in [2.45, 2.75) is 13.1 Å². The molecule has 0 aliphatic carbocycles.